The summed E-state index contributed by atoms with van der Waals surface area (Å²) in [4.78, 5) is 18.9. The van der Waals surface area contributed by atoms with Crippen molar-refractivity contribution in [3.05, 3.63) is 0 Å². The molecule has 0 saturated heterocycles. The van der Waals surface area contributed by atoms with E-state index in [4.69, 9.17) is 30.3 Å². The maximum absolute atomic E-state index is 9.90. The molecule has 0 heterocycles. The molecule has 0 aromatic rings. The van der Waals surface area contributed by atoms with Crippen molar-refractivity contribution in [1.29, 1.82) is 0 Å². The van der Waals surface area contributed by atoms with Gasteiger partial charge in [0.15, 0.2) is 6.29 Å². The van der Waals surface area contributed by atoms with Crippen LogP contribution in [0.5, 0.6) is 0 Å². The van der Waals surface area contributed by atoms with E-state index in [0.717, 1.165) is 0 Å². The normalized spacial score (nSPS) is 16.3. The highest BCUT2D eigenvalue weighted by atomic mass is 16.4. The average Bonchev–Trinajstić information content (AvgIpc) is 2.24. The Morgan fingerprint density at radius 3 is 1.71 bits per heavy atom. The lowest BCUT2D eigenvalue weighted by atomic mass is 10.0. The van der Waals surface area contributed by atoms with E-state index in [9.17, 15) is 4.79 Å². The van der Waals surface area contributed by atoms with Crippen molar-refractivity contribution in [1.82, 2.24) is 6.15 Å². The SMILES string of the molecule is N.NC(N)=O.O=C[C@H](O)[C@@H](O)[C@H](O)[C@H](O)CO. The van der Waals surface area contributed by atoms with Crippen LogP contribution in [-0.4, -0.2) is 68.9 Å². The third-order valence-electron chi connectivity index (χ3n) is 1.42. The van der Waals surface area contributed by atoms with E-state index < -0.39 is 37.1 Å². The molecular weight excluding hydrogens is 238 g/mol. The molecule has 0 aromatic heterocycles. The summed E-state index contributed by atoms with van der Waals surface area (Å²) in [5.74, 6) is 0. The Balaban J connectivity index is -0.000000340. The number of primary amides is 2. The molecule has 0 fully saturated rings. The number of hydrogen-bond acceptors (Lipinski definition) is 8. The van der Waals surface area contributed by atoms with Gasteiger partial charge in [-0.05, 0) is 0 Å². The number of rotatable bonds is 5. The fourth-order valence-electron chi connectivity index (χ4n) is 0.618. The summed E-state index contributed by atoms with van der Waals surface area (Å²) in [6.07, 6.45) is -6.84. The van der Waals surface area contributed by atoms with Gasteiger partial charge in [-0.2, -0.15) is 0 Å². The molecule has 0 saturated carbocycles. The Labute approximate surface area is 97.0 Å². The van der Waals surface area contributed by atoms with Crippen LogP contribution in [0, 0.1) is 0 Å². The van der Waals surface area contributed by atoms with Gasteiger partial charge in [0.25, 0.3) is 0 Å². The van der Waals surface area contributed by atoms with Gasteiger partial charge in [-0.25, -0.2) is 4.79 Å². The van der Waals surface area contributed by atoms with Crippen LogP contribution in [0.4, 0.5) is 4.79 Å². The number of carbonyl (C=O) groups excluding carboxylic acids is 2. The van der Waals surface area contributed by atoms with E-state index in [0.29, 0.717) is 0 Å². The summed E-state index contributed by atoms with van der Waals surface area (Å²) in [7, 11) is 0. The number of aliphatic hydroxyl groups is 5. The Kier molecular flexibility index (Phi) is 13.8. The van der Waals surface area contributed by atoms with Crippen molar-refractivity contribution in [2.45, 2.75) is 24.4 Å². The number of nitrogens with two attached hydrogens (primary N) is 2. The zero-order chi connectivity index (χ0) is 13.3. The smallest absolute Gasteiger partial charge is 0.309 e. The van der Waals surface area contributed by atoms with Gasteiger partial charge in [-0.15, -0.1) is 0 Å². The predicted octanol–water partition coefficient (Wildman–Crippen LogP) is -4.19. The van der Waals surface area contributed by atoms with E-state index in [-0.39, 0.29) is 12.4 Å². The van der Waals surface area contributed by atoms with Crippen molar-refractivity contribution in [2.75, 3.05) is 6.61 Å². The van der Waals surface area contributed by atoms with Crippen LogP contribution >= 0.6 is 0 Å². The third kappa shape index (κ3) is 11.0. The molecule has 0 radical (unpaired) electrons. The second kappa shape index (κ2) is 11.2. The summed E-state index contributed by atoms with van der Waals surface area (Å²) in [6.45, 7) is -0.760. The molecule has 0 rings (SSSR count). The first kappa shape index (κ1) is 21.0. The van der Waals surface area contributed by atoms with Crippen LogP contribution in [0.25, 0.3) is 0 Å². The predicted molar refractivity (Wildman–Crippen MR) is 56.0 cm³/mol. The highest BCUT2D eigenvalue weighted by Crippen LogP contribution is 2.02. The lowest BCUT2D eigenvalue weighted by Gasteiger charge is -2.22. The molecule has 104 valence electrons. The molecule has 10 heteroatoms. The maximum Gasteiger partial charge on any atom is 0.309 e. The number of hydrogen-bond donors (Lipinski definition) is 8. The van der Waals surface area contributed by atoms with Gasteiger partial charge >= 0.3 is 6.03 Å². The van der Waals surface area contributed by atoms with Crippen LogP contribution < -0.4 is 17.6 Å². The number of aliphatic hydroxyl groups excluding tert-OH is 5. The van der Waals surface area contributed by atoms with E-state index in [1.165, 1.54) is 0 Å². The number of urea groups is 1. The highest BCUT2D eigenvalue weighted by molar-refractivity contribution is 5.69. The van der Waals surface area contributed by atoms with Gasteiger partial charge in [0.2, 0.25) is 0 Å². The standard InChI is InChI=1S/C6H12O6.CH4N2O.H3N/c7-1-3(9)5(11)6(12)4(10)2-8;2-1(3)4;/h1,3-6,8-12H,2H2;(H4,2,3,4);1H3/t3-,4+,5+,6+;;/m0../s1. The average molecular weight is 257 g/mol. The fourth-order valence-corrected chi connectivity index (χ4v) is 0.618. The molecule has 0 unspecified atom stereocenters. The highest BCUT2D eigenvalue weighted by Gasteiger charge is 2.29. The van der Waals surface area contributed by atoms with Crippen LogP contribution in [0.2, 0.25) is 0 Å². The summed E-state index contributed by atoms with van der Waals surface area (Å²) >= 11 is 0. The molecule has 0 aliphatic heterocycles. The quantitative estimate of drug-likeness (QED) is 0.225. The summed E-state index contributed by atoms with van der Waals surface area (Å²) in [5, 5.41) is 43.5. The van der Waals surface area contributed by atoms with Crippen molar-refractivity contribution in [3.63, 3.8) is 0 Å². The molecule has 12 N–H and O–H groups in total. The van der Waals surface area contributed by atoms with E-state index in [2.05, 4.69) is 11.5 Å². The van der Waals surface area contributed by atoms with Gasteiger partial charge in [-0.3, -0.25) is 0 Å². The summed E-state index contributed by atoms with van der Waals surface area (Å²) in [5.41, 5.74) is 8.50. The molecule has 0 spiro atoms. The summed E-state index contributed by atoms with van der Waals surface area (Å²) in [6, 6.07) is -0.833. The lowest BCUT2D eigenvalue weighted by Crippen LogP contribution is -2.46. The Morgan fingerprint density at radius 1 is 1.12 bits per heavy atom. The number of carbonyl (C=O) groups is 2. The Bertz CT molecular complexity index is 212. The van der Waals surface area contributed by atoms with Crippen molar-refractivity contribution in [3.8, 4) is 0 Å². The van der Waals surface area contributed by atoms with E-state index in [1.807, 2.05) is 0 Å². The van der Waals surface area contributed by atoms with Gasteiger partial charge in [0.05, 0.1) is 6.61 Å². The van der Waals surface area contributed by atoms with Crippen molar-refractivity contribution < 1.29 is 35.1 Å². The van der Waals surface area contributed by atoms with E-state index >= 15 is 0 Å². The van der Waals surface area contributed by atoms with E-state index in [1.54, 1.807) is 0 Å². The molecule has 0 aliphatic rings. The van der Waals surface area contributed by atoms with Crippen molar-refractivity contribution >= 4 is 12.3 Å². The monoisotopic (exact) mass is 257 g/mol. The molecule has 4 atom stereocenters. The van der Waals surface area contributed by atoms with Gasteiger partial charge in [0.1, 0.15) is 24.4 Å². The largest absolute Gasteiger partial charge is 0.394 e. The minimum Gasteiger partial charge on any atom is -0.394 e. The Hall–Kier alpha value is -1.30. The molecule has 10 nitrogen and oxygen atoms in total. The van der Waals surface area contributed by atoms with Crippen LogP contribution in [0.3, 0.4) is 0 Å². The summed E-state index contributed by atoms with van der Waals surface area (Å²) < 4.78 is 0. The number of amides is 2. The van der Waals surface area contributed by atoms with Gasteiger partial charge < -0.3 is 47.9 Å². The van der Waals surface area contributed by atoms with Crippen LogP contribution in [0.15, 0.2) is 0 Å². The van der Waals surface area contributed by atoms with Crippen molar-refractivity contribution in [2.24, 2.45) is 11.5 Å². The molecule has 0 aromatic carbocycles. The first-order valence-corrected chi connectivity index (χ1v) is 4.11. The van der Waals surface area contributed by atoms with Crippen LogP contribution in [-0.2, 0) is 4.79 Å². The molecule has 0 aliphatic carbocycles. The lowest BCUT2D eigenvalue weighted by molar-refractivity contribution is -0.136. The number of aldehydes is 1. The maximum atomic E-state index is 9.90. The minimum absolute atomic E-state index is 0. The van der Waals surface area contributed by atoms with Crippen LogP contribution in [0.1, 0.15) is 0 Å². The first-order chi connectivity index (χ1) is 7.27. The topological polar surface area (TPSA) is 222 Å². The fraction of sp³-hybridized carbons (Fsp3) is 0.714. The second-order valence-electron chi connectivity index (χ2n) is 2.76. The van der Waals surface area contributed by atoms with Gasteiger partial charge in [0, 0.05) is 0 Å². The first-order valence-electron chi connectivity index (χ1n) is 4.11. The zero-order valence-electron chi connectivity index (χ0n) is 9.01. The molecular formula is C7H19N3O7. The molecule has 0 bridgehead atoms. The molecule has 17 heavy (non-hydrogen) atoms. The second-order valence-corrected chi connectivity index (χ2v) is 2.76. The zero-order valence-corrected chi connectivity index (χ0v) is 9.01. The van der Waals surface area contributed by atoms with Gasteiger partial charge in [-0.1, -0.05) is 0 Å². The third-order valence-corrected chi connectivity index (χ3v) is 1.42. The Morgan fingerprint density at radius 2 is 1.47 bits per heavy atom. The minimum atomic E-state index is -1.79. The molecule has 2 amide bonds.